The van der Waals surface area contributed by atoms with Gasteiger partial charge in [-0.15, -0.1) is 0 Å². The average molecular weight is 333 g/mol. The second-order valence-corrected chi connectivity index (χ2v) is 6.84. The van der Waals surface area contributed by atoms with E-state index in [4.69, 9.17) is 0 Å². The third-order valence-electron chi connectivity index (χ3n) is 4.76. The number of rotatable bonds is 5. The molecule has 0 aromatic heterocycles. The second-order valence-electron chi connectivity index (χ2n) is 6.84. The molecule has 1 aliphatic heterocycles. The average Bonchev–Trinajstić information content (AvgIpc) is 3.03. The van der Waals surface area contributed by atoms with Crippen molar-refractivity contribution in [1.82, 2.24) is 10.2 Å². The monoisotopic (exact) mass is 333 g/mol. The Balaban J connectivity index is 2.15. The third kappa shape index (κ3) is 3.76. The van der Waals surface area contributed by atoms with Crippen molar-refractivity contribution in [3.63, 3.8) is 0 Å². The third-order valence-corrected chi connectivity index (χ3v) is 4.76. The van der Waals surface area contributed by atoms with Gasteiger partial charge in [-0.1, -0.05) is 0 Å². The fourth-order valence-electron chi connectivity index (χ4n) is 2.83. The van der Waals surface area contributed by atoms with E-state index in [1.54, 1.807) is 44.0 Å². The normalized spacial score (nSPS) is 17.9. The topological polar surface area (TPSA) is 81.7 Å². The predicted octanol–water partition coefficient (Wildman–Crippen LogP) is 1.53. The van der Waals surface area contributed by atoms with E-state index in [0.29, 0.717) is 17.8 Å². The molecule has 1 saturated heterocycles. The van der Waals surface area contributed by atoms with Crippen LogP contribution < -0.4 is 10.6 Å². The zero-order valence-corrected chi connectivity index (χ0v) is 14.8. The van der Waals surface area contributed by atoms with E-state index < -0.39 is 5.54 Å². The van der Waals surface area contributed by atoms with Crippen molar-refractivity contribution in [2.75, 3.05) is 25.5 Å². The zero-order chi connectivity index (χ0) is 17.9. The number of carbonyl (C=O) groups is 2. The first-order chi connectivity index (χ1) is 11.3. The molecule has 1 fully saturated rings. The highest BCUT2D eigenvalue weighted by Crippen LogP contribution is 2.23. The molecule has 0 saturated carbocycles. The van der Waals surface area contributed by atoms with Crippen LogP contribution in [0.15, 0.2) is 18.2 Å². The van der Waals surface area contributed by atoms with Crippen LogP contribution in [0.4, 0.5) is 5.69 Å². The van der Waals surface area contributed by atoms with Crippen molar-refractivity contribution in [3.05, 3.63) is 29.3 Å². The molecule has 6 nitrogen and oxygen atoms in total. The molecule has 0 bridgehead atoms. The maximum Gasteiger partial charge on any atom is 0.254 e. The van der Waals surface area contributed by atoms with Crippen LogP contribution in [0.2, 0.25) is 0 Å². The number of benzene rings is 1. The van der Waals surface area contributed by atoms with Gasteiger partial charge in [-0.05, 0) is 64.4 Å². The van der Waals surface area contributed by atoms with Crippen molar-refractivity contribution in [3.8, 4) is 0 Å². The van der Waals surface area contributed by atoms with Crippen molar-refractivity contribution in [1.29, 1.82) is 0 Å². The lowest BCUT2D eigenvalue weighted by atomic mass is 10.0. The lowest BCUT2D eigenvalue weighted by Crippen LogP contribution is -2.47. The summed E-state index contributed by atoms with van der Waals surface area (Å²) in [5.74, 6) is -0.194. The van der Waals surface area contributed by atoms with Crippen molar-refractivity contribution >= 4 is 17.5 Å². The quantitative estimate of drug-likeness (QED) is 0.763. The molecule has 0 spiro atoms. The molecule has 1 heterocycles. The Bertz CT molecular complexity index is 628. The van der Waals surface area contributed by atoms with Crippen molar-refractivity contribution < 1.29 is 14.7 Å². The Hall–Kier alpha value is -1.92. The Labute approximate surface area is 143 Å². The number of nitrogens with one attached hydrogen (secondary N) is 2. The standard InChI is InChI=1S/C18H27N3O3/c1-12-10-13(20-17(24)18(2,3)19-4)7-8-15(12)16(23)21-9-5-6-14(21)11-22/h7-8,10,14,19,22H,5-6,9,11H2,1-4H3,(H,20,24)/t14-/m0/s1. The summed E-state index contributed by atoms with van der Waals surface area (Å²) in [6.45, 7) is 6.14. The van der Waals surface area contributed by atoms with Gasteiger partial charge in [-0.25, -0.2) is 0 Å². The number of nitrogens with zero attached hydrogens (tertiary/aromatic N) is 1. The van der Waals surface area contributed by atoms with Crippen LogP contribution in [0.5, 0.6) is 0 Å². The van der Waals surface area contributed by atoms with Crippen LogP contribution in [0.25, 0.3) is 0 Å². The molecule has 2 amide bonds. The minimum Gasteiger partial charge on any atom is -0.394 e. The number of hydrogen-bond acceptors (Lipinski definition) is 4. The molecule has 3 N–H and O–H groups in total. The largest absolute Gasteiger partial charge is 0.394 e. The Morgan fingerprint density at radius 3 is 2.67 bits per heavy atom. The molecule has 2 rings (SSSR count). The van der Waals surface area contributed by atoms with Crippen molar-refractivity contribution in [2.24, 2.45) is 0 Å². The Morgan fingerprint density at radius 1 is 1.38 bits per heavy atom. The van der Waals surface area contributed by atoms with Gasteiger partial charge >= 0.3 is 0 Å². The molecule has 1 atom stereocenters. The van der Waals surface area contributed by atoms with Gasteiger partial charge in [0.15, 0.2) is 0 Å². The van der Waals surface area contributed by atoms with Gasteiger partial charge < -0.3 is 20.6 Å². The van der Waals surface area contributed by atoms with Crippen LogP contribution in [0.3, 0.4) is 0 Å². The Kier molecular flexibility index (Phi) is 5.62. The highest BCUT2D eigenvalue weighted by molar-refractivity contribution is 5.99. The van der Waals surface area contributed by atoms with Gasteiger partial charge in [0.2, 0.25) is 5.91 Å². The number of carbonyl (C=O) groups excluding carboxylic acids is 2. The van der Waals surface area contributed by atoms with Crippen LogP contribution in [0, 0.1) is 6.92 Å². The fourth-order valence-corrected chi connectivity index (χ4v) is 2.83. The fraction of sp³-hybridized carbons (Fsp3) is 0.556. The van der Waals surface area contributed by atoms with E-state index >= 15 is 0 Å². The van der Waals surface area contributed by atoms with E-state index in [9.17, 15) is 14.7 Å². The highest BCUT2D eigenvalue weighted by atomic mass is 16.3. The molecule has 0 radical (unpaired) electrons. The smallest absolute Gasteiger partial charge is 0.254 e. The van der Waals surface area contributed by atoms with Crippen LogP contribution in [-0.2, 0) is 4.79 Å². The minimum atomic E-state index is -0.674. The number of aliphatic hydroxyl groups is 1. The van der Waals surface area contributed by atoms with Gasteiger partial charge in [0.25, 0.3) is 5.91 Å². The zero-order valence-electron chi connectivity index (χ0n) is 14.8. The maximum atomic E-state index is 12.7. The summed E-state index contributed by atoms with van der Waals surface area (Å²) in [5, 5.41) is 15.2. The number of aryl methyl sites for hydroxylation is 1. The van der Waals surface area contributed by atoms with E-state index in [2.05, 4.69) is 10.6 Å². The number of anilines is 1. The van der Waals surface area contributed by atoms with E-state index in [1.165, 1.54) is 0 Å². The van der Waals surface area contributed by atoms with Crippen LogP contribution in [0.1, 0.15) is 42.6 Å². The lowest BCUT2D eigenvalue weighted by molar-refractivity contribution is -0.121. The van der Waals surface area contributed by atoms with Gasteiger partial charge in [-0.2, -0.15) is 0 Å². The number of amides is 2. The molecular weight excluding hydrogens is 306 g/mol. The SMILES string of the molecule is CNC(C)(C)C(=O)Nc1ccc(C(=O)N2CCC[C@H]2CO)c(C)c1. The first-order valence-electron chi connectivity index (χ1n) is 8.33. The molecule has 1 aliphatic rings. The van der Waals surface area contributed by atoms with Crippen LogP contribution in [-0.4, -0.2) is 53.6 Å². The number of aliphatic hydroxyl groups excluding tert-OH is 1. The lowest BCUT2D eigenvalue weighted by Gasteiger charge is -2.25. The summed E-state index contributed by atoms with van der Waals surface area (Å²) in [4.78, 5) is 26.6. The predicted molar refractivity (Wildman–Crippen MR) is 94.1 cm³/mol. The molecule has 132 valence electrons. The summed E-state index contributed by atoms with van der Waals surface area (Å²) in [5.41, 5.74) is 1.41. The first-order valence-corrected chi connectivity index (χ1v) is 8.33. The van der Waals surface area contributed by atoms with E-state index in [1.807, 2.05) is 6.92 Å². The van der Waals surface area contributed by atoms with Crippen molar-refractivity contribution in [2.45, 2.75) is 45.2 Å². The number of likely N-dealkylation sites (N-methyl/N-ethyl adjacent to an activating group) is 1. The summed E-state index contributed by atoms with van der Waals surface area (Å²) < 4.78 is 0. The highest BCUT2D eigenvalue weighted by Gasteiger charge is 2.30. The summed E-state index contributed by atoms with van der Waals surface area (Å²) in [6, 6.07) is 5.20. The van der Waals surface area contributed by atoms with Crippen LogP contribution >= 0.6 is 0 Å². The molecular formula is C18H27N3O3. The van der Waals surface area contributed by atoms with E-state index in [-0.39, 0.29) is 24.5 Å². The molecule has 24 heavy (non-hydrogen) atoms. The van der Waals surface area contributed by atoms with Gasteiger partial charge in [0, 0.05) is 17.8 Å². The van der Waals surface area contributed by atoms with Gasteiger partial charge in [0.05, 0.1) is 18.2 Å². The van der Waals surface area contributed by atoms with Gasteiger partial charge in [-0.3, -0.25) is 9.59 Å². The first kappa shape index (κ1) is 18.4. The molecule has 1 aromatic rings. The molecule has 0 aliphatic carbocycles. The number of hydrogen-bond donors (Lipinski definition) is 3. The Morgan fingerprint density at radius 2 is 2.08 bits per heavy atom. The molecule has 1 aromatic carbocycles. The van der Waals surface area contributed by atoms with E-state index in [0.717, 1.165) is 18.4 Å². The molecule has 0 unspecified atom stereocenters. The summed E-state index contributed by atoms with van der Waals surface area (Å²) >= 11 is 0. The number of likely N-dealkylation sites (tertiary alicyclic amines) is 1. The summed E-state index contributed by atoms with van der Waals surface area (Å²) in [6.07, 6.45) is 1.76. The molecule has 6 heteroatoms. The van der Waals surface area contributed by atoms with Gasteiger partial charge in [0.1, 0.15) is 0 Å². The minimum absolute atomic E-state index is 0.00196. The second kappa shape index (κ2) is 7.32. The summed E-state index contributed by atoms with van der Waals surface area (Å²) in [7, 11) is 1.74. The maximum absolute atomic E-state index is 12.7.